The van der Waals surface area contributed by atoms with E-state index < -0.39 is 10.0 Å². The fraction of sp³-hybridized carbons (Fsp3) is 0.650. The van der Waals surface area contributed by atoms with Crippen LogP contribution in [0, 0.1) is 5.92 Å². The van der Waals surface area contributed by atoms with Crippen molar-refractivity contribution in [1.29, 1.82) is 0 Å². The van der Waals surface area contributed by atoms with Gasteiger partial charge in [-0.3, -0.25) is 4.79 Å². The SMILES string of the molecule is CC1CCCN(CCCCNC(=O)c2cc(S(=O)(=O)NC3CC3)c(Cl)cc2Cl)C1. The normalized spacial score (nSPS) is 20.6. The number of unbranched alkanes of at least 4 members (excludes halogenated alkanes) is 1. The van der Waals surface area contributed by atoms with Crippen LogP contribution in [0.2, 0.25) is 10.0 Å². The van der Waals surface area contributed by atoms with Crippen molar-refractivity contribution in [2.24, 2.45) is 5.92 Å². The van der Waals surface area contributed by atoms with Gasteiger partial charge in [-0.25, -0.2) is 13.1 Å². The van der Waals surface area contributed by atoms with E-state index in [2.05, 4.69) is 21.9 Å². The van der Waals surface area contributed by atoms with Crippen LogP contribution in [0.5, 0.6) is 0 Å². The Bertz CT molecular complexity index is 844. The van der Waals surface area contributed by atoms with Crippen LogP contribution in [0.25, 0.3) is 0 Å². The molecule has 3 rings (SSSR count). The van der Waals surface area contributed by atoms with Gasteiger partial charge in [-0.05, 0) is 69.7 Å². The molecule has 0 spiro atoms. The van der Waals surface area contributed by atoms with Crippen molar-refractivity contribution >= 4 is 39.1 Å². The van der Waals surface area contributed by atoms with Crippen LogP contribution in [0.3, 0.4) is 0 Å². The van der Waals surface area contributed by atoms with Gasteiger partial charge in [-0.1, -0.05) is 30.1 Å². The van der Waals surface area contributed by atoms with Gasteiger partial charge in [-0.2, -0.15) is 0 Å². The highest BCUT2D eigenvalue weighted by atomic mass is 35.5. The fourth-order valence-electron chi connectivity index (χ4n) is 3.64. The molecule has 0 bridgehead atoms. The van der Waals surface area contributed by atoms with Gasteiger partial charge in [0.1, 0.15) is 4.90 Å². The first kappa shape index (κ1) is 22.8. The van der Waals surface area contributed by atoms with Crippen molar-refractivity contribution < 1.29 is 13.2 Å². The number of sulfonamides is 1. The minimum atomic E-state index is -3.77. The Balaban J connectivity index is 1.52. The Morgan fingerprint density at radius 2 is 1.93 bits per heavy atom. The van der Waals surface area contributed by atoms with E-state index in [0.717, 1.165) is 51.2 Å². The van der Waals surface area contributed by atoms with E-state index in [1.165, 1.54) is 25.0 Å². The van der Waals surface area contributed by atoms with Gasteiger partial charge in [0.15, 0.2) is 0 Å². The highest BCUT2D eigenvalue weighted by Crippen LogP contribution is 2.30. The van der Waals surface area contributed by atoms with Crippen molar-refractivity contribution in [1.82, 2.24) is 14.9 Å². The summed E-state index contributed by atoms with van der Waals surface area (Å²) in [6.07, 6.45) is 6.06. The van der Waals surface area contributed by atoms with E-state index >= 15 is 0 Å². The Hall–Kier alpha value is -0.860. The number of carbonyl (C=O) groups excluding carboxylic acids is 1. The zero-order chi connectivity index (χ0) is 21.0. The van der Waals surface area contributed by atoms with Gasteiger partial charge >= 0.3 is 0 Å². The van der Waals surface area contributed by atoms with Crippen molar-refractivity contribution in [2.45, 2.75) is 56.4 Å². The molecule has 1 aliphatic heterocycles. The molecule has 1 amide bonds. The number of hydrogen-bond acceptors (Lipinski definition) is 4. The lowest BCUT2D eigenvalue weighted by molar-refractivity contribution is 0.0952. The number of amides is 1. The predicted molar refractivity (Wildman–Crippen MR) is 116 cm³/mol. The van der Waals surface area contributed by atoms with Gasteiger partial charge in [0, 0.05) is 19.1 Å². The molecule has 2 aliphatic rings. The zero-order valence-corrected chi connectivity index (χ0v) is 19.0. The predicted octanol–water partition coefficient (Wildman–Crippen LogP) is 3.68. The second kappa shape index (κ2) is 9.96. The summed E-state index contributed by atoms with van der Waals surface area (Å²) >= 11 is 12.2. The molecule has 9 heteroatoms. The van der Waals surface area contributed by atoms with E-state index in [-0.39, 0.29) is 32.5 Å². The summed E-state index contributed by atoms with van der Waals surface area (Å²) in [4.78, 5) is 14.9. The summed E-state index contributed by atoms with van der Waals surface area (Å²) in [7, 11) is -3.77. The second-order valence-corrected chi connectivity index (χ2v) is 10.7. The van der Waals surface area contributed by atoms with E-state index in [0.29, 0.717) is 6.54 Å². The lowest BCUT2D eigenvalue weighted by Crippen LogP contribution is -2.35. The smallest absolute Gasteiger partial charge is 0.252 e. The lowest BCUT2D eigenvalue weighted by atomic mass is 10.0. The number of rotatable bonds is 9. The summed E-state index contributed by atoms with van der Waals surface area (Å²) in [5.41, 5.74) is 0.122. The van der Waals surface area contributed by atoms with Crippen molar-refractivity contribution in [3.8, 4) is 0 Å². The molecular weight excluding hydrogens is 433 g/mol. The second-order valence-electron chi connectivity index (χ2n) is 8.17. The number of hydrogen-bond donors (Lipinski definition) is 2. The summed E-state index contributed by atoms with van der Waals surface area (Å²) < 4.78 is 27.5. The molecule has 1 aliphatic carbocycles. The Kier molecular flexibility index (Phi) is 7.84. The topological polar surface area (TPSA) is 78.5 Å². The molecular formula is C20H29Cl2N3O3S. The molecule has 162 valence electrons. The molecule has 6 nitrogen and oxygen atoms in total. The number of benzene rings is 1. The lowest BCUT2D eigenvalue weighted by Gasteiger charge is -2.30. The molecule has 1 aromatic carbocycles. The number of carbonyl (C=O) groups is 1. The number of likely N-dealkylation sites (tertiary alicyclic amines) is 1. The van der Waals surface area contributed by atoms with Crippen LogP contribution < -0.4 is 10.0 Å². The molecule has 0 radical (unpaired) electrons. The van der Waals surface area contributed by atoms with Crippen molar-refractivity contribution in [3.63, 3.8) is 0 Å². The van der Waals surface area contributed by atoms with Crippen LogP contribution in [0.1, 0.15) is 55.8 Å². The number of halogens is 2. The maximum absolute atomic E-state index is 12.5. The van der Waals surface area contributed by atoms with Crippen molar-refractivity contribution in [3.05, 3.63) is 27.7 Å². The fourth-order valence-corrected chi connectivity index (χ4v) is 5.80. The molecule has 1 saturated carbocycles. The highest BCUT2D eigenvalue weighted by Gasteiger charge is 2.30. The number of piperidine rings is 1. The van der Waals surface area contributed by atoms with Crippen LogP contribution >= 0.6 is 23.2 Å². The first-order valence-electron chi connectivity index (χ1n) is 10.3. The molecule has 2 fully saturated rings. The molecule has 1 heterocycles. The first-order chi connectivity index (χ1) is 13.8. The van der Waals surface area contributed by atoms with Gasteiger partial charge in [0.2, 0.25) is 10.0 Å². The monoisotopic (exact) mass is 461 g/mol. The Labute approximate surface area is 183 Å². The van der Waals surface area contributed by atoms with Crippen LogP contribution in [-0.2, 0) is 10.0 Å². The van der Waals surface area contributed by atoms with Gasteiger partial charge in [-0.15, -0.1) is 0 Å². The Morgan fingerprint density at radius 3 is 2.62 bits per heavy atom. The Morgan fingerprint density at radius 1 is 1.17 bits per heavy atom. The number of nitrogens with one attached hydrogen (secondary N) is 2. The quantitative estimate of drug-likeness (QED) is 0.549. The minimum Gasteiger partial charge on any atom is -0.352 e. The molecule has 0 aromatic heterocycles. The largest absolute Gasteiger partial charge is 0.352 e. The molecule has 1 saturated heterocycles. The highest BCUT2D eigenvalue weighted by molar-refractivity contribution is 7.89. The van der Waals surface area contributed by atoms with E-state index in [1.54, 1.807) is 0 Å². The molecule has 1 unspecified atom stereocenters. The molecule has 29 heavy (non-hydrogen) atoms. The van der Waals surface area contributed by atoms with Crippen LogP contribution in [0.4, 0.5) is 0 Å². The van der Waals surface area contributed by atoms with Crippen LogP contribution in [-0.4, -0.2) is 51.4 Å². The van der Waals surface area contributed by atoms with Gasteiger partial charge < -0.3 is 10.2 Å². The van der Waals surface area contributed by atoms with E-state index in [1.807, 2.05) is 0 Å². The summed E-state index contributed by atoms with van der Waals surface area (Å²) in [5.74, 6) is 0.372. The van der Waals surface area contributed by atoms with Gasteiger partial charge in [0.05, 0.1) is 15.6 Å². The minimum absolute atomic E-state index is 0.00969. The molecule has 1 atom stereocenters. The third-order valence-electron chi connectivity index (χ3n) is 5.38. The van der Waals surface area contributed by atoms with E-state index in [9.17, 15) is 13.2 Å². The zero-order valence-electron chi connectivity index (χ0n) is 16.7. The first-order valence-corrected chi connectivity index (χ1v) is 12.5. The maximum Gasteiger partial charge on any atom is 0.252 e. The summed E-state index contributed by atoms with van der Waals surface area (Å²) in [5, 5.41) is 2.99. The maximum atomic E-state index is 12.5. The summed E-state index contributed by atoms with van der Waals surface area (Å²) in [6.45, 7) is 6.15. The third kappa shape index (κ3) is 6.56. The number of nitrogens with zero attached hydrogens (tertiary/aromatic N) is 1. The van der Waals surface area contributed by atoms with Crippen molar-refractivity contribution in [2.75, 3.05) is 26.2 Å². The van der Waals surface area contributed by atoms with Gasteiger partial charge in [0.25, 0.3) is 5.91 Å². The standard InChI is InChI=1S/C20H29Cl2N3O3S/c1-14-5-4-10-25(13-14)9-3-2-8-23-20(26)16-11-19(18(22)12-17(16)21)29(27,28)24-15-6-7-15/h11-12,14-15,24H,2-10,13H2,1H3,(H,23,26). The average Bonchev–Trinajstić information content (AvgIpc) is 3.44. The average molecular weight is 462 g/mol. The van der Waals surface area contributed by atoms with E-state index in [4.69, 9.17) is 23.2 Å². The molecule has 1 aromatic rings. The third-order valence-corrected chi connectivity index (χ3v) is 7.68. The van der Waals surface area contributed by atoms with Crippen LogP contribution in [0.15, 0.2) is 17.0 Å². The molecule has 2 N–H and O–H groups in total. The summed E-state index contributed by atoms with van der Waals surface area (Å²) in [6, 6.07) is 2.53.